The van der Waals surface area contributed by atoms with Crippen molar-refractivity contribution in [1.29, 1.82) is 5.26 Å². The average Bonchev–Trinajstić information content (AvgIpc) is 3.13. The van der Waals surface area contributed by atoms with Crippen LogP contribution < -0.4 is 0 Å². The fourth-order valence-corrected chi connectivity index (χ4v) is 3.29. The van der Waals surface area contributed by atoms with Crippen LogP contribution in [0.3, 0.4) is 0 Å². The highest BCUT2D eigenvalue weighted by Crippen LogP contribution is 2.36. The van der Waals surface area contributed by atoms with Crippen molar-refractivity contribution in [1.82, 2.24) is 9.55 Å². The molecular formula is C23H17F6N3O3. The van der Waals surface area contributed by atoms with Crippen LogP contribution in [0.2, 0.25) is 0 Å². The van der Waals surface area contributed by atoms with Crippen LogP contribution >= 0.6 is 0 Å². The van der Waals surface area contributed by atoms with Crippen molar-refractivity contribution < 1.29 is 41.0 Å². The van der Waals surface area contributed by atoms with E-state index in [0.29, 0.717) is 17.5 Å². The fourth-order valence-electron chi connectivity index (χ4n) is 3.29. The Labute approximate surface area is 194 Å². The van der Waals surface area contributed by atoms with Gasteiger partial charge < -0.3 is 14.4 Å². The zero-order valence-electron chi connectivity index (χ0n) is 17.8. The van der Waals surface area contributed by atoms with Crippen LogP contribution in [0.1, 0.15) is 28.7 Å². The first-order valence-corrected chi connectivity index (χ1v) is 10.1. The number of nitrogens with zero attached hydrogens (tertiary/aromatic N) is 3. The fraction of sp³-hybridized carbons (Fsp3) is 0.261. The lowest BCUT2D eigenvalue weighted by molar-refractivity contribution is -0.143. The van der Waals surface area contributed by atoms with Gasteiger partial charge in [0.2, 0.25) is 0 Å². The van der Waals surface area contributed by atoms with Gasteiger partial charge in [-0.2, -0.15) is 31.6 Å². The number of halogens is 6. The molecule has 0 radical (unpaired) electrons. The number of aliphatic hydroxyl groups excluding tert-OH is 1. The smallest absolute Gasteiger partial charge is 0.416 e. The van der Waals surface area contributed by atoms with Crippen LogP contribution in [-0.2, 0) is 28.4 Å². The van der Waals surface area contributed by atoms with Gasteiger partial charge in [0, 0.05) is 42.9 Å². The number of rotatable bonds is 7. The molecule has 0 unspecified atom stereocenters. The Hall–Kier alpha value is -3.85. The lowest BCUT2D eigenvalue weighted by atomic mass is 10.0. The SMILES string of the molecule is N#C/C(=C\c1cn(Cc2cc(C(F)(F)F)cc(C(F)(F)F)c2)c2ncccc12)C(=O)OCCCO. The van der Waals surface area contributed by atoms with Gasteiger partial charge in [-0.1, -0.05) is 0 Å². The number of carbonyl (C=O) groups is 1. The molecule has 184 valence electrons. The van der Waals surface area contributed by atoms with E-state index in [9.17, 15) is 36.4 Å². The molecule has 0 fully saturated rings. The number of benzene rings is 1. The van der Waals surface area contributed by atoms with E-state index in [4.69, 9.17) is 9.84 Å². The summed E-state index contributed by atoms with van der Waals surface area (Å²) in [6, 6.07) is 6.10. The molecule has 0 amide bonds. The molecule has 1 N–H and O–H groups in total. The van der Waals surface area contributed by atoms with Crippen molar-refractivity contribution in [3.05, 3.63) is 70.6 Å². The summed E-state index contributed by atoms with van der Waals surface area (Å²) in [4.78, 5) is 16.3. The summed E-state index contributed by atoms with van der Waals surface area (Å²) in [5, 5.41) is 18.5. The molecule has 0 spiro atoms. The maximum atomic E-state index is 13.2. The number of carbonyl (C=O) groups excluding carboxylic acids is 1. The topological polar surface area (TPSA) is 88.1 Å². The van der Waals surface area contributed by atoms with Crippen molar-refractivity contribution in [3.8, 4) is 6.07 Å². The van der Waals surface area contributed by atoms with Crippen molar-refractivity contribution in [3.63, 3.8) is 0 Å². The number of alkyl halides is 6. The number of nitriles is 1. The van der Waals surface area contributed by atoms with Gasteiger partial charge >= 0.3 is 18.3 Å². The van der Waals surface area contributed by atoms with E-state index in [2.05, 4.69) is 4.98 Å². The first-order chi connectivity index (χ1) is 16.4. The zero-order valence-corrected chi connectivity index (χ0v) is 17.8. The number of esters is 1. The number of aromatic nitrogens is 2. The van der Waals surface area contributed by atoms with Crippen molar-refractivity contribution in [2.45, 2.75) is 25.3 Å². The monoisotopic (exact) mass is 497 g/mol. The summed E-state index contributed by atoms with van der Waals surface area (Å²) < 4.78 is 85.5. The molecule has 0 saturated heterocycles. The Morgan fingerprint density at radius 1 is 1.14 bits per heavy atom. The summed E-state index contributed by atoms with van der Waals surface area (Å²) in [5.74, 6) is -0.946. The van der Waals surface area contributed by atoms with Gasteiger partial charge in [0.25, 0.3) is 0 Å². The Bertz CT molecular complexity index is 1270. The van der Waals surface area contributed by atoms with Crippen LogP contribution in [0.25, 0.3) is 17.1 Å². The summed E-state index contributed by atoms with van der Waals surface area (Å²) >= 11 is 0. The van der Waals surface area contributed by atoms with Gasteiger partial charge in [0.1, 0.15) is 17.3 Å². The van der Waals surface area contributed by atoms with E-state index in [1.54, 1.807) is 18.2 Å². The molecule has 0 aliphatic carbocycles. The van der Waals surface area contributed by atoms with Crippen molar-refractivity contribution >= 4 is 23.1 Å². The molecule has 0 aliphatic heterocycles. The minimum absolute atomic E-state index is 0.0469. The third kappa shape index (κ3) is 6.19. The molecular weight excluding hydrogens is 480 g/mol. The Balaban J connectivity index is 2.05. The molecule has 12 heteroatoms. The molecule has 0 atom stereocenters. The van der Waals surface area contributed by atoms with E-state index in [0.717, 1.165) is 0 Å². The van der Waals surface area contributed by atoms with E-state index >= 15 is 0 Å². The molecule has 35 heavy (non-hydrogen) atoms. The molecule has 3 rings (SSSR count). The highest BCUT2D eigenvalue weighted by molar-refractivity contribution is 6.00. The predicted octanol–water partition coefficient (Wildman–Crippen LogP) is 4.95. The summed E-state index contributed by atoms with van der Waals surface area (Å²) in [7, 11) is 0. The van der Waals surface area contributed by atoms with Gasteiger partial charge in [0.05, 0.1) is 17.7 Å². The molecule has 2 heterocycles. The molecule has 2 aromatic heterocycles. The minimum atomic E-state index is -4.99. The van der Waals surface area contributed by atoms with Crippen LogP contribution in [0.5, 0.6) is 0 Å². The van der Waals surface area contributed by atoms with Gasteiger partial charge in [-0.15, -0.1) is 0 Å². The second kappa shape index (κ2) is 10.2. The van der Waals surface area contributed by atoms with Crippen LogP contribution in [0.4, 0.5) is 26.3 Å². The largest absolute Gasteiger partial charge is 0.461 e. The number of pyridine rings is 1. The summed E-state index contributed by atoms with van der Waals surface area (Å²) in [6.07, 6.45) is -5.87. The van der Waals surface area contributed by atoms with Crippen LogP contribution in [-0.4, -0.2) is 33.8 Å². The predicted molar refractivity (Wildman–Crippen MR) is 112 cm³/mol. The second-order valence-corrected chi connectivity index (χ2v) is 7.38. The standard InChI is InChI=1S/C23H17F6N3O3/c24-22(25,26)17-7-14(8-18(10-17)23(27,28)29)12-32-13-16(19-3-1-4-31-20(19)32)9-15(11-30)21(34)35-6-2-5-33/h1,3-4,7-10,13,33H,2,5-6,12H2/b15-9+. The molecule has 6 nitrogen and oxygen atoms in total. The number of aliphatic hydroxyl groups is 1. The molecule has 0 saturated carbocycles. The van der Waals surface area contributed by atoms with E-state index < -0.39 is 36.0 Å². The molecule has 0 bridgehead atoms. The number of fused-ring (bicyclic) bond motifs is 1. The summed E-state index contributed by atoms with van der Waals surface area (Å²) in [6.45, 7) is -0.727. The summed E-state index contributed by atoms with van der Waals surface area (Å²) in [5.41, 5.74) is -3.03. The van der Waals surface area contributed by atoms with Crippen molar-refractivity contribution in [2.75, 3.05) is 13.2 Å². The quantitative estimate of drug-likeness (QED) is 0.164. The van der Waals surface area contributed by atoms with Gasteiger partial charge in [-0.05, 0) is 42.0 Å². The highest BCUT2D eigenvalue weighted by Gasteiger charge is 2.37. The molecule has 3 aromatic rings. The third-order valence-electron chi connectivity index (χ3n) is 4.84. The number of ether oxygens (including phenoxy) is 1. The van der Waals surface area contributed by atoms with E-state index in [1.165, 1.54) is 23.0 Å². The van der Waals surface area contributed by atoms with E-state index in [-0.39, 0.29) is 48.0 Å². The highest BCUT2D eigenvalue weighted by atomic mass is 19.4. The van der Waals surface area contributed by atoms with E-state index in [1.807, 2.05) is 0 Å². The maximum Gasteiger partial charge on any atom is 0.416 e. The van der Waals surface area contributed by atoms with Gasteiger partial charge in [0.15, 0.2) is 0 Å². The normalized spacial score (nSPS) is 12.6. The number of hydrogen-bond donors (Lipinski definition) is 1. The second-order valence-electron chi connectivity index (χ2n) is 7.38. The van der Waals surface area contributed by atoms with Crippen molar-refractivity contribution in [2.24, 2.45) is 0 Å². The number of hydrogen-bond acceptors (Lipinski definition) is 5. The van der Waals surface area contributed by atoms with Crippen LogP contribution in [0, 0.1) is 11.3 Å². The molecule has 0 aliphatic rings. The Morgan fingerprint density at radius 3 is 2.37 bits per heavy atom. The lowest BCUT2D eigenvalue weighted by Gasteiger charge is -2.14. The van der Waals surface area contributed by atoms with Crippen LogP contribution in [0.15, 0.2) is 48.3 Å². The lowest BCUT2D eigenvalue weighted by Crippen LogP contribution is -2.12. The maximum absolute atomic E-state index is 13.2. The minimum Gasteiger partial charge on any atom is -0.461 e. The average molecular weight is 497 g/mol. The van der Waals surface area contributed by atoms with Gasteiger partial charge in [-0.3, -0.25) is 0 Å². The first kappa shape index (κ1) is 25.8. The third-order valence-corrected chi connectivity index (χ3v) is 4.84. The zero-order chi connectivity index (χ0) is 25.8. The Morgan fingerprint density at radius 2 is 1.80 bits per heavy atom. The molecule has 1 aromatic carbocycles. The first-order valence-electron chi connectivity index (χ1n) is 10.1. The Kier molecular flexibility index (Phi) is 7.50. The van der Waals surface area contributed by atoms with Gasteiger partial charge in [-0.25, -0.2) is 9.78 Å².